The maximum absolute atomic E-state index is 11.6. The average Bonchev–Trinajstić information content (AvgIpc) is 3.08. The molecule has 1 aromatic rings. The fourth-order valence-corrected chi connectivity index (χ4v) is 2.47. The van der Waals surface area contributed by atoms with E-state index in [4.69, 9.17) is 4.74 Å². The van der Waals surface area contributed by atoms with E-state index in [1.54, 1.807) is 7.11 Å². The Morgan fingerprint density at radius 1 is 1.17 bits per heavy atom. The Labute approximate surface area is 138 Å². The van der Waals surface area contributed by atoms with Gasteiger partial charge in [-0.3, -0.25) is 4.90 Å². The number of hydrogen-bond donors (Lipinski definition) is 2. The highest BCUT2D eigenvalue weighted by atomic mass is 16.5. The number of carbonyl (C=O) groups is 1. The molecule has 2 rings (SSSR count). The summed E-state index contributed by atoms with van der Waals surface area (Å²) < 4.78 is 5.11. The molecule has 0 aromatic heterocycles. The van der Waals surface area contributed by atoms with Crippen LogP contribution in [0.2, 0.25) is 0 Å². The quantitative estimate of drug-likeness (QED) is 0.785. The average molecular weight is 315 g/mol. The van der Waals surface area contributed by atoms with Crippen LogP contribution in [0.15, 0.2) is 24.3 Å². The molecule has 1 heterocycles. The Morgan fingerprint density at radius 2 is 1.91 bits per heavy atom. The zero-order valence-corrected chi connectivity index (χ0v) is 13.7. The number of rotatable bonds is 6. The lowest BCUT2D eigenvalue weighted by atomic mass is 10.1. The fourth-order valence-electron chi connectivity index (χ4n) is 2.47. The van der Waals surface area contributed by atoms with E-state index in [2.05, 4.69) is 27.4 Å². The van der Waals surface area contributed by atoms with Crippen LogP contribution >= 0.6 is 0 Å². The lowest BCUT2D eigenvalue weighted by molar-refractivity contribution is 0.242. The summed E-state index contributed by atoms with van der Waals surface area (Å²) in [6.07, 6.45) is 3.34. The molecule has 1 fully saturated rings. The van der Waals surface area contributed by atoms with Gasteiger partial charge in [0.05, 0.1) is 20.2 Å². The molecule has 0 aliphatic carbocycles. The molecule has 2 N–H and O–H groups in total. The van der Waals surface area contributed by atoms with Gasteiger partial charge in [0.15, 0.2) is 0 Å². The van der Waals surface area contributed by atoms with E-state index >= 15 is 0 Å². The minimum absolute atomic E-state index is 0.172. The van der Waals surface area contributed by atoms with Crippen LogP contribution in [0.25, 0.3) is 0 Å². The van der Waals surface area contributed by atoms with Gasteiger partial charge in [-0.05, 0) is 50.0 Å². The van der Waals surface area contributed by atoms with Crippen molar-refractivity contribution in [2.75, 3.05) is 39.8 Å². The topological polar surface area (TPSA) is 53.6 Å². The second-order valence-electron chi connectivity index (χ2n) is 5.54. The molecular weight excluding hydrogens is 290 g/mol. The Balaban J connectivity index is 1.55. The number of hydrogen-bond acceptors (Lipinski definition) is 3. The number of carbonyl (C=O) groups excluding carboxylic acids is 1. The largest absolute Gasteiger partial charge is 0.497 e. The number of likely N-dealkylation sites (tertiary alicyclic amines) is 1. The number of urea groups is 1. The van der Waals surface area contributed by atoms with Gasteiger partial charge < -0.3 is 15.4 Å². The number of amides is 2. The summed E-state index contributed by atoms with van der Waals surface area (Å²) in [5.74, 6) is 6.92. The van der Waals surface area contributed by atoms with E-state index in [1.165, 1.54) is 12.8 Å². The van der Waals surface area contributed by atoms with Crippen LogP contribution in [0.3, 0.4) is 0 Å². The van der Waals surface area contributed by atoms with Crippen molar-refractivity contribution in [1.29, 1.82) is 0 Å². The van der Waals surface area contributed by atoms with Gasteiger partial charge in [0, 0.05) is 6.54 Å². The van der Waals surface area contributed by atoms with E-state index in [9.17, 15) is 4.79 Å². The molecule has 0 spiro atoms. The van der Waals surface area contributed by atoms with Crippen molar-refractivity contribution >= 4 is 6.03 Å². The first-order valence-corrected chi connectivity index (χ1v) is 8.10. The van der Waals surface area contributed by atoms with Gasteiger partial charge in [0.25, 0.3) is 0 Å². The summed E-state index contributed by atoms with van der Waals surface area (Å²) in [4.78, 5) is 14.0. The summed E-state index contributed by atoms with van der Waals surface area (Å²) in [5.41, 5.74) is 1.16. The van der Waals surface area contributed by atoms with Gasteiger partial charge in [-0.2, -0.15) is 0 Å². The van der Waals surface area contributed by atoms with E-state index in [1.807, 2.05) is 24.3 Å². The van der Waals surface area contributed by atoms with Gasteiger partial charge in [0.1, 0.15) is 5.75 Å². The molecule has 2 amide bonds. The second-order valence-corrected chi connectivity index (χ2v) is 5.54. The molecule has 5 heteroatoms. The fraction of sp³-hybridized carbons (Fsp3) is 0.500. The lowest BCUT2D eigenvalue weighted by Gasteiger charge is -2.08. The van der Waals surface area contributed by atoms with Crippen LogP contribution in [-0.2, 0) is 6.42 Å². The van der Waals surface area contributed by atoms with Crippen molar-refractivity contribution in [2.24, 2.45) is 0 Å². The molecule has 5 nitrogen and oxygen atoms in total. The molecule has 124 valence electrons. The third-order valence-corrected chi connectivity index (χ3v) is 3.82. The molecule has 1 aliphatic rings. The zero-order valence-electron chi connectivity index (χ0n) is 13.7. The predicted molar refractivity (Wildman–Crippen MR) is 91.5 cm³/mol. The normalized spacial score (nSPS) is 14.0. The van der Waals surface area contributed by atoms with Crippen LogP contribution < -0.4 is 15.4 Å². The van der Waals surface area contributed by atoms with Crippen molar-refractivity contribution in [3.63, 3.8) is 0 Å². The molecule has 23 heavy (non-hydrogen) atoms. The summed E-state index contributed by atoms with van der Waals surface area (Å²) in [6, 6.07) is 7.68. The standard InChI is InChI=1S/C18H25N3O2/c1-23-17-8-6-16(7-9-17)10-12-20-18(22)19-11-2-3-13-21-14-4-5-15-21/h6-9H,4-5,10-15H2,1H3,(H2,19,20,22). The van der Waals surface area contributed by atoms with Crippen LogP contribution in [0.1, 0.15) is 18.4 Å². The molecule has 0 radical (unpaired) electrons. The number of ether oxygens (including phenoxy) is 1. The highest BCUT2D eigenvalue weighted by Crippen LogP contribution is 2.11. The Kier molecular flexibility index (Phi) is 7.28. The van der Waals surface area contributed by atoms with E-state index in [0.717, 1.165) is 37.4 Å². The molecule has 1 aromatic carbocycles. The summed E-state index contributed by atoms with van der Waals surface area (Å²) in [5, 5.41) is 5.58. The third kappa shape index (κ3) is 6.62. The zero-order chi connectivity index (χ0) is 16.3. The second kappa shape index (κ2) is 9.75. The molecule has 1 aliphatic heterocycles. The van der Waals surface area contributed by atoms with Crippen molar-refractivity contribution < 1.29 is 9.53 Å². The highest BCUT2D eigenvalue weighted by molar-refractivity contribution is 5.74. The molecule has 0 atom stereocenters. The summed E-state index contributed by atoms with van der Waals surface area (Å²) >= 11 is 0. The highest BCUT2D eigenvalue weighted by Gasteiger charge is 2.08. The van der Waals surface area contributed by atoms with E-state index < -0.39 is 0 Å². The number of nitrogens with zero attached hydrogens (tertiary/aromatic N) is 1. The first kappa shape index (κ1) is 17.2. The van der Waals surface area contributed by atoms with Gasteiger partial charge in [-0.15, -0.1) is 0 Å². The minimum Gasteiger partial charge on any atom is -0.497 e. The van der Waals surface area contributed by atoms with Crippen LogP contribution in [0.4, 0.5) is 4.79 Å². The van der Waals surface area contributed by atoms with Crippen LogP contribution in [0, 0.1) is 11.8 Å². The van der Waals surface area contributed by atoms with E-state index in [-0.39, 0.29) is 6.03 Å². The molecule has 0 saturated carbocycles. The SMILES string of the molecule is COc1ccc(CCNC(=O)NCC#CCN2CCCC2)cc1. The summed E-state index contributed by atoms with van der Waals surface area (Å²) in [7, 11) is 1.65. The Bertz CT molecular complexity index is 540. The monoisotopic (exact) mass is 315 g/mol. The molecule has 0 bridgehead atoms. The maximum Gasteiger partial charge on any atom is 0.315 e. The van der Waals surface area contributed by atoms with Gasteiger partial charge >= 0.3 is 6.03 Å². The Morgan fingerprint density at radius 3 is 2.61 bits per heavy atom. The number of nitrogens with one attached hydrogen (secondary N) is 2. The minimum atomic E-state index is -0.172. The third-order valence-electron chi connectivity index (χ3n) is 3.82. The van der Waals surface area contributed by atoms with E-state index in [0.29, 0.717) is 13.1 Å². The van der Waals surface area contributed by atoms with Gasteiger partial charge in [-0.1, -0.05) is 24.0 Å². The predicted octanol–water partition coefficient (Wildman–Crippen LogP) is 1.64. The first-order chi connectivity index (χ1) is 11.3. The number of benzene rings is 1. The van der Waals surface area contributed by atoms with Crippen molar-refractivity contribution in [3.05, 3.63) is 29.8 Å². The molecule has 0 unspecified atom stereocenters. The maximum atomic E-state index is 11.6. The van der Waals surface area contributed by atoms with Crippen molar-refractivity contribution in [2.45, 2.75) is 19.3 Å². The van der Waals surface area contributed by atoms with Crippen LogP contribution in [0.5, 0.6) is 5.75 Å². The first-order valence-electron chi connectivity index (χ1n) is 8.10. The van der Waals surface area contributed by atoms with Crippen LogP contribution in [-0.4, -0.2) is 50.8 Å². The number of methoxy groups -OCH3 is 1. The molecular formula is C18H25N3O2. The van der Waals surface area contributed by atoms with Gasteiger partial charge in [-0.25, -0.2) is 4.79 Å². The lowest BCUT2D eigenvalue weighted by Crippen LogP contribution is -2.36. The van der Waals surface area contributed by atoms with Gasteiger partial charge in [0.2, 0.25) is 0 Å². The molecule has 1 saturated heterocycles. The van der Waals surface area contributed by atoms with Crippen molar-refractivity contribution in [3.8, 4) is 17.6 Å². The Hall–Kier alpha value is -2.19. The summed E-state index contributed by atoms with van der Waals surface area (Å²) in [6.45, 7) is 4.09. The van der Waals surface area contributed by atoms with Crippen molar-refractivity contribution in [1.82, 2.24) is 15.5 Å². The smallest absolute Gasteiger partial charge is 0.315 e.